The zero-order valence-electron chi connectivity index (χ0n) is 13.1. The van der Waals surface area contributed by atoms with Crippen LogP contribution in [0.3, 0.4) is 0 Å². The van der Waals surface area contributed by atoms with Crippen LogP contribution in [0.2, 0.25) is 5.02 Å². The summed E-state index contributed by atoms with van der Waals surface area (Å²) in [5, 5.41) is 0.517. The zero-order chi connectivity index (χ0) is 15.8. The number of halogens is 1. The molecule has 1 amide bonds. The van der Waals surface area contributed by atoms with Gasteiger partial charge in [-0.1, -0.05) is 30.7 Å². The minimum atomic E-state index is -0.0364. The lowest BCUT2D eigenvalue weighted by molar-refractivity contribution is -0.132. The summed E-state index contributed by atoms with van der Waals surface area (Å²) in [6.45, 7) is 7.29. The molecule has 5 heteroatoms. The van der Waals surface area contributed by atoms with Crippen LogP contribution in [-0.4, -0.2) is 36.5 Å². The van der Waals surface area contributed by atoms with Crippen LogP contribution < -0.4 is 10.5 Å². The lowest BCUT2D eigenvalue weighted by atomic mass is 10.0. The van der Waals surface area contributed by atoms with Crippen LogP contribution in [-0.2, 0) is 11.2 Å². The van der Waals surface area contributed by atoms with Crippen molar-refractivity contribution in [2.45, 2.75) is 39.7 Å². The molecule has 4 nitrogen and oxygen atoms in total. The highest BCUT2D eigenvalue weighted by atomic mass is 35.5. The molecule has 0 bridgehead atoms. The van der Waals surface area contributed by atoms with Gasteiger partial charge in [0.05, 0.1) is 5.02 Å². The Morgan fingerprint density at radius 1 is 1.33 bits per heavy atom. The quantitative estimate of drug-likeness (QED) is 0.803. The molecular formula is C16H25ClN2O2. The molecule has 0 fully saturated rings. The van der Waals surface area contributed by atoms with Crippen LogP contribution >= 0.6 is 11.6 Å². The summed E-state index contributed by atoms with van der Waals surface area (Å²) in [6.07, 6.45) is 1.57. The highest BCUT2D eigenvalue weighted by Crippen LogP contribution is 2.29. The van der Waals surface area contributed by atoms with E-state index < -0.39 is 0 Å². The van der Waals surface area contributed by atoms with E-state index in [0.717, 1.165) is 12.0 Å². The van der Waals surface area contributed by atoms with Crippen LogP contribution in [0.4, 0.5) is 0 Å². The first kappa shape index (κ1) is 17.8. The van der Waals surface area contributed by atoms with Gasteiger partial charge in [-0.3, -0.25) is 4.79 Å². The lowest BCUT2D eigenvalue weighted by Crippen LogP contribution is -2.34. The monoisotopic (exact) mass is 312 g/mol. The first-order valence-electron chi connectivity index (χ1n) is 7.46. The average molecular weight is 313 g/mol. The molecule has 0 aromatic heterocycles. The zero-order valence-corrected chi connectivity index (χ0v) is 13.8. The molecule has 118 valence electrons. The van der Waals surface area contributed by atoms with E-state index in [1.54, 1.807) is 11.0 Å². The number of nitrogens with zero attached hydrogens (tertiary/aromatic N) is 1. The molecular weight excluding hydrogens is 288 g/mol. The van der Waals surface area contributed by atoms with E-state index in [1.165, 1.54) is 0 Å². The number of carbonyl (C=O) groups excluding carboxylic acids is 1. The Labute approximate surface area is 132 Å². The third kappa shape index (κ3) is 5.21. The average Bonchev–Trinajstić information content (AvgIpc) is 2.47. The Hall–Kier alpha value is -1.26. The van der Waals surface area contributed by atoms with E-state index in [1.807, 2.05) is 32.9 Å². The molecule has 0 radical (unpaired) electrons. The molecule has 0 aliphatic heterocycles. The first-order chi connectivity index (χ1) is 10.0. The number of nitrogens with two attached hydrogens (primary N) is 1. The topological polar surface area (TPSA) is 55.6 Å². The maximum atomic E-state index is 12.0. The third-order valence-corrected chi connectivity index (χ3v) is 3.81. The van der Waals surface area contributed by atoms with Crippen LogP contribution in [0.25, 0.3) is 0 Å². The number of hydrogen-bond donors (Lipinski definition) is 1. The highest BCUT2D eigenvalue weighted by Gasteiger charge is 2.15. The fourth-order valence-electron chi connectivity index (χ4n) is 2.10. The summed E-state index contributed by atoms with van der Waals surface area (Å²) in [5.41, 5.74) is 6.95. The Bertz CT molecular complexity index is 462. The van der Waals surface area contributed by atoms with E-state index in [-0.39, 0.29) is 18.6 Å². The van der Waals surface area contributed by atoms with Crippen molar-refractivity contribution in [2.24, 2.45) is 5.73 Å². The van der Waals surface area contributed by atoms with Crippen molar-refractivity contribution >= 4 is 17.5 Å². The lowest BCUT2D eigenvalue weighted by Gasteiger charge is -2.20. The Morgan fingerprint density at radius 2 is 2.00 bits per heavy atom. The number of likely N-dealkylation sites (N-methyl/N-ethyl adjacent to an activating group) is 1. The number of para-hydroxylation sites is 1. The maximum Gasteiger partial charge on any atom is 0.260 e. The van der Waals surface area contributed by atoms with Gasteiger partial charge in [0.15, 0.2) is 6.61 Å². The normalized spacial score (nSPS) is 12.0. The summed E-state index contributed by atoms with van der Waals surface area (Å²) in [4.78, 5) is 13.7. The van der Waals surface area contributed by atoms with Gasteiger partial charge < -0.3 is 15.4 Å². The van der Waals surface area contributed by atoms with Gasteiger partial charge >= 0.3 is 0 Å². The Morgan fingerprint density at radius 3 is 2.57 bits per heavy atom. The van der Waals surface area contributed by atoms with Crippen molar-refractivity contribution in [3.8, 4) is 5.75 Å². The van der Waals surface area contributed by atoms with Crippen molar-refractivity contribution in [3.05, 3.63) is 28.8 Å². The smallest absolute Gasteiger partial charge is 0.260 e. The Kier molecular flexibility index (Phi) is 7.54. The molecule has 2 N–H and O–H groups in total. The van der Waals surface area contributed by atoms with Crippen molar-refractivity contribution in [2.75, 3.05) is 19.7 Å². The standard InChI is InChI=1S/C16H25ClN2O2/c1-4-13(18)10-12-8-7-9-14(17)16(12)21-11-15(20)19(5-2)6-3/h7-9,13H,4-6,10-11,18H2,1-3H3. The molecule has 0 heterocycles. The number of hydrogen-bond acceptors (Lipinski definition) is 3. The molecule has 1 rings (SSSR count). The van der Waals surface area contributed by atoms with Gasteiger partial charge in [0.25, 0.3) is 5.91 Å². The number of ether oxygens (including phenoxy) is 1. The fraction of sp³-hybridized carbons (Fsp3) is 0.562. The summed E-state index contributed by atoms with van der Waals surface area (Å²) in [6, 6.07) is 5.64. The van der Waals surface area contributed by atoms with Gasteiger partial charge in [-0.05, 0) is 38.3 Å². The van der Waals surface area contributed by atoms with Crippen LogP contribution in [0, 0.1) is 0 Å². The second-order valence-electron chi connectivity index (χ2n) is 4.96. The van der Waals surface area contributed by atoms with Gasteiger partial charge in [-0.25, -0.2) is 0 Å². The van der Waals surface area contributed by atoms with E-state index in [9.17, 15) is 4.79 Å². The molecule has 0 saturated heterocycles. The molecule has 1 aromatic carbocycles. The summed E-state index contributed by atoms with van der Waals surface area (Å²) in [7, 11) is 0. The largest absolute Gasteiger partial charge is 0.482 e. The number of carbonyl (C=O) groups is 1. The SMILES string of the molecule is CCC(N)Cc1cccc(Cl)c1OCC(=O)N(CC)CC. The molecule has 0 aliphatic rings. The van der Waals surface area contributed by atoms with E-state index in [4.69, 9.17) is 22.1 Å². The fourth-order valence-corrected chi connectivity index (χ4v) is 2.35. The predicted molar refractivity (Wildman–Crippen MR) is 86.8 cm³/mol. The van der Waals surface area contributed by atoms with Gasteiger partial charge in [-0.15, -0.1) is 0 Å². The van der Waals surface area contributed by atoms with Gasteiger partial charge in [0.1, 0.15) is 5.75 Å². The molecule has 1 unspecified atom stereocenters. The Balaban J connectivity index is 2.80. The molecule has 0 spiro atoms. The number of rotatable bonds is 8. The van der Waals surface area contributed by atoms with Crippen molar-refractivity contribution in [1.29, 1.82) is 0 Å². The summed E-state index contributed by atoms with van der Waals surface area (Å²) < 4.78 is 5.68. The molecule has 1 atom stereocenters. The van der Waals surface area contributed by atoms with E-state index >= 15 is 0 Å². The molecule has 0 saturated carbocycles. The highest BCUT2D eigenvalue weighted by molar-refractivity contribution is 6.32. The predicted octanol–water partition coefficient (Wildman–Crippen LogP) is 2.87. The minimum Gasteiger partial charge on any atom is -0.482 e. The summed E-state index contributed by atoms with van der Waals surface area (Å²) in [5.74, 6) is 0.536. The summed E-state index contributed by atoms with van der Waals surface area (Å²) >= 11 is 6.20. The van der Waals surface area contributed by atoms with Crippen LogP contribution in [0.1, 0.15) is 32.8 Å². The molecule has 21 heavy (non-hydrogen) atoms. The first-order valence-corrected chi connectivity index (χ1v) is 7.84. The van der Waals surface area contributed by atoms with Crippen LogP contribution in [0.5, 0.6) is 5.75 Å². The van der Waals surface area contributed by atoms with Crippen molar-refractivity contribution in [1.82, 2.24) is 4.90 Å². The third-order valence-electron chi connectivity index (χ3n) is 3.51. The van der Waals surface area contributed by atoms with Crippen molar-refractivity contribution < 1.29 is 9.53 Å². The molecule has 0 aliphatic carbocycles. The van der Waals surface area contributed by atoms with Gasteiger partial charge in [0.2, 0.25) is 0 Å². The van der Waals surface area contributed by atoms with E-state index in [0.29, 0.717) is 30.3 Å². The van der Waals surface area contributed by atoms with Crippen LogP contribution in [0.15, 0.2) is 18.2 Å². The van der Waals surface area contributed by atoms with Gasteiger partial charge in [0, 0.05) is 19.1 Å². The van der Waals surface area contributed by atoms with Gasteiger partial charge in [-0.2, -0.15) is 0 Å². The number of amides is 1. The second kappa shape index (κ2) is 8.90. The molecule has 1 aromatic rings. The minimum absolute atomic E-state index is 0.000222. The number of benzene rings is 1. The second-order valence-corrected chi connectivity index (χ2v) is 5.36. The van der Waals surface area contributed by atoms with E-state index in [2.05, 4.69) is 0 Å². The van der Waals surface area contributed by atoms with Crippen molar-refractivity contribution in [3.63, 3.8) is 0 Å². The maximum absolute atomic E-state index is 12.0.